The maximum atomic E-state index is 11.1. The van der Waals surface area contributed by atoms with E-state index in [9.17, 15) is 4.79 Å². The molecule has 0 unspecified atom stereocenters. The highest BCUT2D eigenvalue weighted by Gasteiger charge is 2.17. The third-order valence-corrected chi connectivity index (χ3v) is 3.13. The standard InChI is InChI=1S/C15H18N2O2/c1-9(2)14-8-12(15(18)19)16-17(14)13-6-5-10(3)7-11(13)4/h5-9H,1-4H3,(H,18,19). The molecule has 0 radical (unpaired) electrons. The largest absolute Gasteiger partial charge is 0.476 e. The Morgan fingerprint density at radius 2 is 1.95 bits per heavy atom. The van der Waals surface area contributed by atoms with Gasteiger partial charge in [-0.05, 0) is 37.5 Å². The zero-order valence-corrected chi connectivity index (χ0v) is 11.6. The first-order chi connectivity index (χ1) is 8.90. The van der Waals surface area contributed by atoms with Crippen molar-refractivity contribution in [2.24, 2.45) is 0 Å². The average Bonchev–Trinajstić information content (AvgIpc) is 2.73. The summed E-state index contributed by atoms with van der Waals surface area (Å²) in [4.78, 5) is 11.1. The van der Waals surface area contributed by atoms with Gasteiger partial charge in [0.1, 0.15) is 0 Å². The van der Waals surface area contributed by atoms with Crippen LogP contribution in [0.3, 0.4) is 0 Å². The minimum Gasteiger partial charge on any atom is -0.476 e. The van der Waals surface area contributed by atoms with Gasteiger partial charge in [0, 0.05) is 5.69 Å². The molecule has 0 bridgehead atoms. The van der Waals surface area contributed by atoms with Crippen molar-refractivity contribution < 1.29 is 9.90 Å². The summed E-state index contributed by atoms with van der Waals surface area (Å²) in [7, 11) is 0. The molecule has 4 heteroatoms. The Kier molecular flexibility index (Phi) is 3.42. The molecule has 2 aromatic rings. The third kappa shape index (κ3) is 2.52. The van der Waals surface area contributed by atoms with Crippen molar-refractivity contribution in [3.8, 4) is 5.69 Å². The Balaban J connectivity index is 2.63. The smallest absolute Gasteiger partial charge is 0.356 e. The summed E-state index contributed by atoms with van der Waals surface area (Å²) >= 11 is 0. The molecule has 100 valence electrons. The van der Waals surface area contributed by atoms with Crippen molar-refractivity contribution in [2.45, 2.75) is 33.6 Å². The molecule has 1 aromatic carbocycles. The van der Waals surface area contributed by atoms with Crippen molar-refractivity contribution in [1.82, 2.24) is 9.78 Å². The number of hydrogen-bond donors (Lipinski definition) is 1. The van der Waals surface area contributed by atoms with Crippen LogP contribution in [0.15, 0.2) is 24.3 Å². The van der Waals surface area contributed by atoms with Crippen LogP contribution in [0.2, 0.25) is 0 Å². The maximum absolute atomic E-state index is 11.1. The van der Waals surface area contributed by atoms with Crippen molar-refractivity contribution in [3.05, 3.63) is 46.8 Å². The molecule has 1 N–H and O–H groups in total. The zero-order chi connectivity index (χ0) is 14.2. The van der Waals surface area contributed by atoms with E-state index < -0.39 is 5.97 Å². The molecule has 1 aromatic heterocycles. The molecule has 19 heavy (non-hydrogen) atoms. The Morgan fingerprint density at radius 3 is 2.47 bits per heavy atom. The lowest BCUT2D eigenvalue weighted by atomic mass is 10.1. The van der Waals surface area contributed by atoms with E-state index in [0.29, 0.717) is 0 Å². The number of carboxylic acid groups (broad SMARTS) is 1. The van der Waals surface area contributed by atoms with E-state index in [1.165, 1.54) is 5.56 Å². The molecule has 0 spiro atoms. The van der Waals surface area contributed by atoms with E-state index in [1.54, 1.807) is 10.7 Å². The highest BCUT2D eigenvalue weighted by atomic mass is 16.4. The number of aromatic carboxylic acids is 1. The third-order valence-electron chi connectivity index (χ3n) is 3.13. The first-order valence-electron chi connectivity index (χ1n) is 6.31. The maximum Gasteiger partial charge on any atom is 0.356 e. The van der Waals surface area contributed by atoms with Gasteiger partial charge in [-0.1, -0.05) is 31.5 Å². The molecule has 0 aliphatic carbocycles. The summed E-state index contributed by atoms with van der Waals surface area (Å²) in [6, 6.07) is 7.71. The quantitative estimate of drug-likeness (QED) is 0.918. The number of rotatable bonds is 3. The lowest BCUT2D eigenvalue weighted by Gasteiger charge is -2.12. The Labute approximate surface area is 112 Å². The Morgan fingerprint density at radius 1 is 1.26 bits per heavy atom. The van der Waals surface area contributed by atoms with E-state index in [0.717, 1.165) is 16.9 Å². The normalized spacial score (nSPS) is 11.0. The van der Waals surface area contributed by atoms with E-state index >= 15 is 0 Å². The highest BCUT2D eigenvalue weighted by molar-refractivity contribution is 5.85. The summed E-state index contributed by atoms with van der Waals surface area (Å²) in [6.45, 7) is 8.10. The van der Waals surface area contributed by atoms with Gasteiger partial charge in [-0.25, -0.2) is 9.48 Å². The van der Waals surface area contributed by atoms with Gasteiger partial charge in [-0.3, -0.25) is 0 Å². The predicted molar refractivity (Wildman–Crippen MR) is 74.1 cm³/mol. The zero-order valence-electron chi connectivity index (χ0n) is 11.6. The summed E-state index contributed by atoms with van der Waals surface area (Å²) in [6.07, 6.45) is 0. The van der Waals surface area contributed by atoms with Crippen LogP contribution in [-0.4, -0.2) is 20.9 Å². The lowest BCUT2D eigenvalue weighted by molar-refractivity contribution is 0.0690. The number of carbonyl (C=O) groups is 1. The van der Waals surface area contributed by atoms with E-state index in [2.05, 4.69) is 11.2 Å². The summed E-state index contributed by atoms with van der Waals surface area (Å²) in [5.41, 5.74) is 4.19. The van der Waals surface area contributed by atoms with E-state index in [-0.39, 0.29) is 11.6 Å². The molecule has 2 rings (SSSR count). The first kappa shape index (κ1) is 13.3. The number of benzene rings is 1. The topological polar surface area (TPSA) is 55.1 Å². The number of nitrogens with zero attached hydrogens (tertiary/aromatic N) is 2. The van der Waals surface area contributed by atoms with Crippen molar-refractivity contribution in [3.63, 3.8) is 0 Å². The van der Waals surface area contributed by atoms with Crippen LogP contribution in [0.5, 0.6) is 0 Å². The van der Waals surface area contributed by atoms with Crippen molar-refractivity contribution in [2.75, 3.05) is 0 Å². The number of aromatic nitrogens is 2. The van der Waals surface area contributed by atoms with Gasteiger partial charge in [0.15, 0.2) is 5.69 Å². The summed E-state index contributed by atoms with van der Waals surface area (Å²) in [5, 5.41) is 13.3. The van der Waals surface area contributed by atoms with Gasteiger partial charge in [0.05, 0.1) is 5.69 Å². The summed E-state index contributed by atoms with van der Waals surface area (Å²) in [5.74, 6) is -0.785. The fourth-order valence-electron chi connectivity index (χ4n) is 2.15. The van der Waals surface area contributed by atoms with Gasteiger partial charge in [0.2, 0.25) is 0 Å². The molecule has 0 saturated heterocycles. The van der Waals surface area contributed by atoms with Crippen LogP contribution in [0.1, 0.15) is 47.1 Å². The fourth-order valence-corrected chi connectivity index (χ4v) is 2.15. The van der Waals surface area contributed by atoms with Crippen LogP contribution in [0.4, 0.5) is 0 Å². The van der Waals surface area contributed by atoms with Gasteiger partial charge < -0.3 is 5.11 Å². The average molecular weight is 258 g/mol. The molecule has 1 heterocycles. The van der Waals surface area contributed by atoms with Crippen LogP contribution in [-0.2, 0) is 0 Å². The van der Waals surface area contributed by atoms with Crippen molar-refractivity contribution in [1.29, 1.82) is 0 Å². The van der Waals surface area contributed by atoms with Gasteiger partial charge in [-0.2, -0.15) is 5.10 Å². The Bertz CT molecular complexity index is 627. The summed E-state index contributed by atoms with van der Waals surface area (Å²) < 4.78 is 1.74. The molecule has 4 nitrogen and oxygen atoms in total. The second kappa shape index (κ2) is 4.88. The second-order valence-electron chi connectivity index (χ2n) is 5.12. The van der Waals surface area contributed by atoms with Crippen LogP contribution < -0.4 is 0 Å². The predicted octanol–water partition coefficient (Wildman–Crippen LogP) is 3.31. The molecular weight excluding hydrogens is 240 g/mol. The molecule has 0 saturated carbocycles. The number of carboxylic acids is 1. The monoisotopic (exact) mass is 258 g/mol. The first-order valence-corrected chi connectivity index (χ1v) is 6.31. The van der Waals surface area contributed by atoms with Gasteiger partial charge in [0.25, 0.3) is 0 Å². The van der Waals surface area contributed by atoms with Gasteiger partial charge in [-0.15, -0.1) is 0 Å². The van der Waals surface area contributed by atoms with Crippen LogP contribution >= 0.6 is 0 Å². The van der Waals surface area contributed by atoms with E-state index in [4.69, 9.17) is 5.11 Å². The molecule has 0 amide bonds. The second-order valence-corrected chi connectivity index (χ2v) is 5.12. The van der Waals surface area contributed by atoms with E-state index in [1.807, 2.05) is 39.8 Å². The molecule has 0 atom stereocenters. The number of aryl methyl sites for hydroxylation is 2. The highest BCUT2D eigenvalue weighted by Crippen LogP contribution is 2.23. The van der Waals surface area contributed by atoms with Gasteiger partial charge >= 0.3 is 5.97 Å². The molecular formula is C15H18N2O2. The fraction of sp³-hybridized carbons (Fsp3) is 0.333. The molecule has 0 aliphatic heterocycles. The van der Waals surface area contributed by atoms with Crippen molar-refractivity contribution >= 4 is 5.97 Å². The minimum absolute atomic E-state index is 0.0867. The van der Waals surface area contributed by atoms with Crippen LogP contribution in [0.25, 0.3) is 5.69 Å². The minimum atomic E-state index is -0.995. The number of hydrogen-bond acceptors (Lipinski definition) is 2. The molecule has 0 fully saturated rings. The SMILES string of the molecule is Cc1ccc(-n2nc(C(=O)O)cc2C(C)C)c(C)c1. The van der Waals surface area contributed by atoms with Crippen LogP contribution in [0, 0.1) is 13.8 Å². The lowest BCUT2D eigenvalue weighted by Crippen LogP contribution is -2.06. The Hall–Kier alpha value is -2.10. The molecule has 0 aliphatic rings.